The van der Waals surface area contributed by atoms with Crippen LogP contribution in [-0.4, -0.2) is 22.3 Å². The SMILES string of the molecule is Cc1cc(C)c(S(=O)(=O)n2cnc([N+](=O)[O-])c2)c(C)c1. The van der Waals surface area contributed by atoms with E-state index in [1.807, 2.05) is 6.92 Å². The smallest absolute Gasteiger partial charge is 0.358 e. The van der Waals surface area contributed by atoms with Gasteiger partial charge in [0, 0.05) is 0 Å². The lowest BCUT2D eigenvalue weighted by molar-refractivity contribution is -0.389. The van der Waals surface area contributed by atoms with Crippen LogP contribution in [0.1, 0.15) is 16.7 Å². The number of hydrogen-bond donors (Lipinski definition) is 0. The van der Waals surface area contributed by atoms with E-state index in [9.17, 15) is 18.5 Å². The monoisotopic (exact) mass is 295 g/mol. The van der Waals surface area contributed by atoms with Gasteiger partial charge in [-0.1, -0.05) is 17.7 Å². The number of rotatable bonds is 3. The quantitative estimate of drug-likeness (QED) is 0.637. The Labute approximate surface area is 116 Å². The van der Waals surface area contributed by atoms with Crippen molar-refractivity contribution in [2.45, 2.75) is 25.7 Å². The van der Waals surface area contributed by atoms with E-state index >= 15 is 0 Å². The van der Waals surface area contributed by atoms with Gasteiger partial charge in [-0.2, -0.15) is 0 Å². The standard InChI is InChI=1S/C12H13N3O4S/c1-8-4-9(2)12(10(3)5-8)20(18,19)14-6-11(13-7-14)15(16)17/h4-7H,1-3H3. The summed E-state index contributed by atoms with van der Waals surface area (Å²) >= 11 is 0. The second kappa shape index (κ2) is 4.71. The van der Waals surface area contributed by atoms with Crippen molar-refractivity contribution in [3.8, 4) is 0 Å². The summed E-state index contributed by atoms with van der Waals surface area (Å²) in [5, 5.41) is 10.6. The molecule has 0 spiro atoms. The van der Waals surface area contributed by atoms with Crippen molar-refractivity contribution in [1.82, 2.24) is 8.96 Å². The molecule has 0 aliphatic rings. The molecule has 0 N–H and O–H groups in total. The van der Waals surface area contributed by atoms with Crippen LogP contribution in [0.25, 0.3) is 0 Å². The average Bonchev–Trinajstić information content (AvgIpc) is 2.76. The number of imidazole rings is 1. The first-order valence-electron chi connectivity index (χ1n) is 5.75. The molecular formula is C12H13N3O4S. The van der Waals surface area contributed by atoms with Gasteiger partial charge in [-0.25, -0.2) is 12.4 Å². The van der Waals surface area contributed by atoms with Crippen LogP contribution in [0.5, 0.6) is 0 Å². The molecule has 0 fully saturated rings. The van der Waals surface area contributed by atoms with Crippen LogP contribution in [0.2, 0.25) is 0 Å². The van der Waals surface area contributed by atoms with Gasteiger partial charge >= 0.3 is 5.82 Å². The average molecular weight is 295 g/mol. The molecule has 0 atom stereocenters. The maximum Gasteiger partial charge on any atom is 0.382 e. The van der Waals surface area contributed by atoms with Crippen LogP contribution in [0.3, 0.4) is 0 Å². The third-order valence-corrected chi connectivity index (χ3v) is 4.79. The molecular weight excluding hydrogens is 282 g/mol. The summed E-state index contributed by atoms with van der Waals surface area (Å²) in [5.74, 6) is -0.504. The zero-order valence-electron chi connectivity index (χ0n) is 11.2. The summed E-state index contributed by atoms with van der Waals surface area (Å²) in [4.78, 5) is 13.5. The largest absolute Gasteiger partial charge is 0.382 e. The predicted octanol–water partition coefficient (Wildman–Crippen LogP) is 1.95. The van der Waals surface area contributed by atoms with Gasteiger partial charge in [-0.15, -0.1) is 0 Å². The zero-order chi connectivity index (χ0) is 15.1. The van der Waals surface area contributed by atoms with Crippen molar-refractivity contribution in [1.29, 1.82) is 0 Å². The number of nitro groups is 1. The Morgan fingerprint density at radius 1 is 1.20 bits per heavy atom. The molecule has 0 saturated heterocycles. The van der Waals surface area contributed by atoms with Crippen molar-refractivity contribution >= 4 is 15.8 Å². The van der Waals surface area contributed by atoms with Gasteiger partial charge in [-0.05, 0) is 41.8 Å². The van der Waals surface area contributed by atoms with Gasteiger partial charge in [-0.3, -0.25) is 0 Å². The zero-order valence-corrected chi connectivity index (χ0v) is 12.0. The van der Waals surface area contributed by atoms with E-state index in [2.05, 4.69) is 4.98 Å². The number of benzene rings is 1. The molecule has 2 rings (SSSR count). The highest BCUT2D eigenvalue weighted by atomic mass is 32.2. The lowest BCUT2D eigenvalue weighted by Gasteiger charge is -2.11. The van der Waals surface area contributed by atoms with E-state index in [0.717, 1.165) is 22.1 Å². The first-order valence-corrected chi connectivity index (χ1v) is 7.19. The first-order chi connectivity index (χ1) is 9.23. The summed E-state index contributed by atoms with van der Waals surface area (Å²) in [7, 11) is -3.88. The molecule has 1 heterocycles. The summed E-state index contributed by atoms with van der Waals surface area (Å²) in [6.45, 7) is 5.26. The Balaban J connectivity index is 2.63. The summed E-state index contributed by atoms with van der Waals surface area (Å²) in [6.07, 6.45) is 1.83. The first kappa shape index (κ1) is 14.2. The lowest BCUT2D eigenvalue weighted by atomic mass is 10.1. The Hall–Kier alpha value is -2.22. The molecule has 0 aliphatic heterocycles. The summed E-state index contributed by atoms with van der Waals surface area (Å²) in [6, 6.07) is 3.51. The molecule has 0 aliphatic carbocycles. The molecule has 7 nitrogen and oxygen atoms in total. The third-order valence-electron chi connectivity index (χ3n) is 2.87. The van der Waals surface area contributed by atoms with Gasteiger partial charge in [0.2, 0.25) is 6.33 Å². The number of aromatic nitrogens is 2. The van der Waals surface area contributed by atoms with E-state index in [1.54, 1.807) is 26.0 Å². The highest BCUT2D eigenvalue weighted by molar-refractivity contribution is 7.90. The maximum absolute atomic E-state index is 12.5. The second-order valence-corrected chi connectivity index (χ2v) is 6.33. The van der Waals surface area contributed by atoms with Crippen molar-refractivity contribution in [2.75, 3.05) is 0 Å². The molecule has 1 aromatic carbocycles. The third kappa shape index (κ3) is 2.29. The number of hydrogen-bond acceptors (Lipinski definition) is 5. The van der Waals surface area contributed by atoms with Crippen molar-refractivity contribution in [3.05, 3.63) is 51.5 Å². The normalized spacial score (nSPS) is 11.6. The Bertz CT molecular complexity index is 770. The van der Waals surface area contributed by atoms with Crippen LogP contribution in [0, 0.1) is 30.9 Å². The molecule has 0 saturated carbocycles. The Morgan fingerprint density at radius 3 is 2.20 bits per heavy atom. The predicted molar refractivity (Wildman–Crippen MR) is 72.1 cm³/mol. The molecule has 8 heteroatoms. The van der Waals surface area contributed by atoms with E-state index in [0.29, 0.717) is 11.1 Å². The highest BCUT2D eigenvalue weighted by Gasteiger charge is 2.25. The molecule has 0 unspecified atom stereocenters. The fourth-order valence-corrected chi connectivity index (χ4v) is 3.75. The van der Waals surface area contributed by atoms with Gasteiger partial charge in [0.05, 0.1) is 4.90 Å². The summed E-state index contributed by atoms with van der Waals surface area (Å²) < 4.78 is 25.8. The van der Waals surface area contributed by atoms with Crippen molar-refractivity contribution in [2.24, 2.45) is 0 Å². The van der Waals surface area contributed by atoms with Crippen LogP contribution in [0.15, 0.2) is 29.6 Å². The number of nitrogens with zero attached hydrogens (tertiary/aromatic N) is 3. The number of aryl methyl sites for hydroxylation is 3. The van der Waals surface area contributed by atoms with Gasteiger partial charge < -0.3 is 10.1 Å². The molecule has 0 amide bonds. The Kier molecular flexibility index (Phi) is 3.34. The molecule has 0 radical (unpaired) electrons. The van der Waals surface area contributed by atoms with Crippen LogP contribution in [0.4, 0.5) is 5.82 Å². The molecule has 2 aromatic rings. The fraction of sp³-hybridized carbons (Fsp3) is 0.250. The molecule has 0 bridgehead atoms. The van der Waals surface area contributed by atoms with Crippen molar-refractivity contribution < 1.29 is 13.3 Å². The van der Waals surface area contributed by atoms with Crippen molar-refractivity contribution in [3.63, 3.8) is 0 Å². The maximum atomic E-state index is 12.5. The van der Waals surface area contributed by atoms with Crippen LogP contribution >= 0.6 is 0 Å². The minimum Gasteiger partial charge on any atom is -0.358 e. The minimum atomic E-state index is -3.88. The van der Waals surface area contributed by atoms with E-state index in [1.165, 1.54) is 0 Å². The van der Waals surface area contributed by atoms with Crippen LogP contribution in [-0.2, 0) is 10.0 Å². The van der Waals surface area contributed by atoms with Crippen LogP contribution < -0.4 is 0 Å². The molecule has 106 valence electrons. The van der Waals surface area contributed by atoms with E-state index in [-0.39, 0.29) is 4.90 Å². The van der Waals surface area contributed by atoms with E-state index in [4.69, 9.17) is 0 Å². The highest BCUT2D eigenvalue weighted by Crippen LogP contribution is 2.24. The van der Waals surface area contributed by atoms with E-state index < -0.39 is 20.8 Å². The molecule has 20 heavy (non-hydrogen) atoms. The van der Waals surface area contributed by atoms with Gasteiger partial charge in [0.1, 0.15) is 6.20 Å². The van der Waals surface area contributed by atoms with Gasteiger partial charge in [0.25, 0.3) is 10.0 Å². The lowest BCUT2D eigenvalue weighted by Crippen LogP contribution is -2.14. The topological polar surface area (TPSA) is 95.1 Å². The van der Waals surface area contributed by atoms with Gasteiger partial charge in [0.15, 0.2) is 0 Å². The fourth-order valence-electron chi connectivity index (χ4n) is 2.20. The second-order valence-electron chi connectivity index (χ2n) is 4.55. The minimum absolute atomic E-state index is 0.149. The Morgan fingerprint density at radius 2 is 1.75 bits per heavy atom. The molecule has 1 aromatic heterocycles. The summed E-state index contributed by atoms with van der Waals surface area (Å²) in [5.41, 5.74) is 2.15.